The van der Waals surface area contributed by atoms with Crippen LogP contribution >= 0.6 is 15.9 Å². The number of halogens is 1. The average molecular weight is 356 g/mol. The monoisotopic (exact) mass is 355 g/mol. The van der Waals surface area contributed by atoms with Gasteiger partial charge in [-0.15, -0.1) is 0 Å². The molecule has 7 heteroatoms. The number of rotatable bonds is 5. The quantitative estimate of drug-likeness (QED) is 0.864. The Balaban J connectivity index is 2.13. The highest BCUT2D eigenvalue weighted by Gasteiger charge is 2.06. The largest absolute Gasteiger partial charge is 0.379 e. The lowest BCUT2D eigenvalue weighted by atomic mass is 10.2. The molecule has 0 aliphatic carbocycles. The summed E-state index contributed by atoms with van der Waals surface area (Å²) in [6, 6.07) is 9.10. The van der Waals surface area contributed by atoms with Crippen molar-refractivity contribution in [3.63, 3.8) is 0 Å². The Morgan fingerprint density at radius 3 is 2.55 bits per heavy atom. The molecule has 2 N–H and O–H groups in total. The van der Waals surface area contributed by atoms with Gasteiger partial charge in [-0.1, -0.05) is 12.1 Å². The number of para-hydroxylation sites is 2. The van der Waals surface area contributed by atoms with Crippen LogP contribution in [0.5, 0.6) is 0 Å². The summed E-state index contributed by atoms with van der Waals surface area (Å²) < 4.78 is 26.0. The number of hydrogen-bond acceptors (Lipinski definition) is 4. The van der Waals surface area contributed by atoms with Crippen LogP contribution in [0.4, 0.5) is 11.4 Å². The molecule has 106 valence electrons. The van der Waals surface area contributed by atoms with Gasteiger partial charge in [0.2, 0.25) is 10.0 Å². The lowest BCUT2D eigenvalue weighted by molar-refractivity contribution is 0.607. The molecule has 0 amide bonds. The van der Waals surface area contributed by atoms with Crippen LogP contribution < -0.4 is 10.0 Å². The Bertz CT molecular complexity index is 704. The zero-order valence-corrected chi connectivity index (χ0v) is 13.2. The second-order valence-corrected chi connectivity index (χ2v) is 6.95. The van der Waals surface area contributed by atoms with E-state index >= 15 is 0 Å². The van der Waals surface area contributed by atoms with Crippen molar-refractivity contribution >= 4 is 37.3 Å². The van der Waals surface area contributed by atoms with Gasteiger partial charge in [-0.3, -0.25) is 9.71 Å². The first-order valence-corrected chi connectivity index (χ1v) is 8.52. The number of sulfonamides is 1. The van der Waals surface area contributed by atoms with Crippen LogP contribution in [-0.4, -0.2) is 19.7 Å². The van der Waals surface area contributed by atoms with E-state index in [2.05, 4.69) is 31.0 Å². The van der Waals surface area contributed by atoms with E-state index in [0.29, 0.717) is 12.2 Å². The highest BCUT2D eigenvalue weighted by Crippen LogP contribution is 2.22. The van der Waals surface area contributed by atoms with Crippen molar-refractivity contribution in [2.75, 3.05) is 16.3 Å². The number of aromatic nitrogens is 1. The van der Waals surface area contributed by atoms with E-state index in [-0.39, 0.29) is 0 Å². The minimum atomic E-state index is -3.30. The first-order valence-electron chi connectivity index (χ1n) is 5.84. The lowest BCUT2D eigenvalue weighted by Gasteiger charge is -2.12. The van der Waals surface area contributed by atoms with Gasteiger partial charge in [0, 0.05) is 23.4 Å². The van der Waals surface area contributed by atoms with E-state index < -0.39 is 10.0 Å². The number of benzene rings is 1. The van der Waals surface area contributed by atoms with E-state index in [1.807, 2.05) is 18.2 Å². The molecule has 0 saturated heterocycles. The number of pyridine rings is 1. The normalized spacial score (nSPS) is 11.1. The minimum Gasteiger partial charge on any atom is -0.379 e. The molecule has 0 bridgehead atoms. The van der Waals surface area contributed by atoms with Gasteiger partial charge in [-0.25, -0.2) is 8.42 Å². The lowest BCUT2D eigenvalue weighted by Crippen LogP contribution is -2.12. The summed E-state index contributed by atoms with van der Waals surface area (Å²) in [5.74, 6) is 0. The van der Waals surface area contributed by atoms with Crippen molar-refractivity contribution in [3.05, 3.63) is 52.8 Å². The third-order valence-corrected chi connectivity index (χ3v) is 3.49. The standard InChI is InChI=1S/C13H14BrN3O2S/c1-20(18,19)17-13-5-3-2-4-12(13)16-8-10-6-11(14)9-15-7-10/h2-7,9,16-17H,8H2,1H3. The Morgan fingerprint density at radius 2 is 1.90 bits per heavy atom. The molecule has 2 rings (SSSR count). The highest BCUT2D eigenvalue weighted by atomic mass is 79.9. The van der Waals surface area contributed by atoms with Gasteiger partial charge in [0.05, 0.1) is 17.6 Å². The Kier molecular flexibility index (Phi) is 4.61. The van der Waals surface area contributed by atoms with Gasteiger partial charge >= 0.3 is 0 Å². The number of anilines is 2. The summed E-state index contributed by atoms with van der Waals surface area (Å²) in [5, 5.41) is 3.19. The van der Waals surface area contributed by atoms with Gasteiger partial charge in [-0.2, -0.15) is 0 Å². The minimum absolute atomic E-state index is 0.526. The zero-order valence-electron chi connectivity index (χ0n) is 10.8. The summed E-state index contributed by atoms with van der Waals surface area (Å²) in [6.07, 6.45) is 4.59. The van der Waals surface area contributed by atoms with Crippen molar-refractivity contribution in [2.24, 2.45) is 0 Å². The summed E-state index contributed by atoms with van der Waals surface area (Å²) in [6.45, 7) is 0.550. The smallest absolute Gasteiger partial charge is 0.229 e. The molecule has 0 aliphatic heterocycles. The predicted octanol–water partition coefficient (Wildman–Crippen LogP) is 2.83. The van der Waals surface area contributed by atoms with Crippen LogP contribution in [0, 0.1) is 0 Å². The number of nitrogens with zero attached hydrogens (tertiary/aromatic N) is 1. The first-order chi connectivity index (χ1) is 9.44. The molecule has 0 spiro atoms. The van der Waals surface area contributed by atoms with E-state index in [1.165, 1.54) is 0 Å². The molecular formula is C13H14BrN3O2S. The molecule has 0 radical (unpaired) electrons. The second kappa shape index (κ2) is 6.23. The average Bonchev–Trinajstić information content (AvgIpc) is 2.36. The van der Waals surface area contributed by atoms with E-state index in [1.54, 1.807) is 24.5 Å². The third kappa shape index (κ3) is 4.50. The molecule has 0 saturated carbocycles. The first kappa shape index (κ1) is 14.8. The Morgan fingerprint density at radius 1 is 1.20 bits per heavy atom. The Hall–Kier alpha value is -1.60. The molecular weight excluding hydrogens is 342 g/mol. The molecule has 20 heavy (non-hydrogen) atoms. The van der Waals surface area contributed by atoms with Gasteiger partial charge < -0.3 is 5.32 Å². The number of nitrogens with one attached hydrogen (secondary N) is 2. The summed E-state index contributed by atoms with van der Waals surface area (Å²) in [4.78, 5) is 4.08. The van der Waals surface area contributed by atoms with Crippen LogP contribution in [0.2, 0.25) is 0 Å². The Labute approximate surface area is 126 Å². The van der Waals surface area contributed by atoms with E-state index in [4.69, 9.17) is 0 Å². The van der Waals surface area contributed by atoms with Gasteiger partial charge in [0.1, 0.15) is 0 Å². The molecule has 1 heterocycles. The van der Waals surface area contributed by atoms with Gasteiger partial charge in [0.15, 0.2) is 0 Å². The van der Waals surface area contributed by atoms with Crippen molar-refractivity contribution in [1.29, 1.82) is 0 Å². The zero-order chi connectivity index (χ0) is 14.6. The summed E-state index contributed by atoms with van der Waals surface area (Å²) in [7, 11) is -3.30. The van der Waals surface area contributed by atoms with Crippen molar-refractivity contribution in [1.82, 2.24) is 4.98 Å². The van der Waals surface area contributed by atoms with E-state index in [0.717, 1.165) is 22.0 Å². The van der Waals surface area contributed by atoms with Gasteiger partial charge in [-0.05, 0) is 39.7 Å². The topological polar surface area (TPSA) is 71.1 Å². The SMILES string of the molecule is CS(=O)(=O)Nc1ccccc1NCc1cncc(Br)c1. The predicted molar refractivity (Wildman–Crippen MR) is 84.2 cm³/mol. The van der Waals surface area contributed by atoms with Crippen LogP contribution in [-0.2, 0) is 16.6 Å². The fourth-order valence-corrected chi connectivity index (χ4v) is 2.67. The van der Waals surface area contributed by atoms with Crippen molar-refractivity contribution in [3.8, 4) is 0 Å². The molecule has 0 fully saturated rings. The fourth-order valence-electron chi connectivity index (χ4n) is 1.68. The van der Waals surface area contributed by atoms with Crippen LogP contribution in [0.1, 0.15) is 5.56 Å². The van der Waals surface area contributed by atoms with E-state index in [9.17, 15) is 8.42 Å². The maximum atomic E-state index is 11.3. The maximum Gasteiger partial charge on any atom is 0.229 e. The molecule has 1 aromatic carbocycles. The number of hydrogen-bond donors (Lipinski definition) is 2. The van der Waals surface area contributed by atoms with Crippen LogP contribution in [0.25, 0.3) is 0 Å². The molecule has 1 aromatic heterocycles. The van der Waals surface area contributed by atoms with Crippen LogP contribution in [0.3, 0.4) is 0 Å². The second-order valence-electron chi connectivity index (χ2n) is 4.28. The molecule has 0 atom stereocenters. The summed E-state index contributed by atoms with van der Waals surface area (Å²) in [5.41, 5.74) is 2.24. The highest BCUT2D eigenvalue weighted by molar-refractivity contribution is 9.10. The third-order valence-electron chi connectivity index (χ3n) is 2.47. The van der Waals surface area contributed by atoms with Crippen LogP contribution in [0.15, 0.2) is 47.2 Å². The molecule has 0 unspecified atom stereocenters. The van der Waals surface area contributed by atoms with Gasteiger partial charge in [0.25, 0.3) is 0 Å². The molecule has 0 aliphatic rings. The van der Waals surface area contributed by atoms with Crippen molar-refractivity contribution < 1.29 is 8.42 Å². The maximum absolute atomic E-state index is 11.3. The summed E-state index contributed by atoms with van der Waals surface area (Å²) >= 11 is 3.36. The fraction of sp³-hybridized carbons (Fsp3) is 0.154. The molecule has 2 aromatic rings. The van der Waals surface area contributed by atoms with Crippen molar-refractivity contribution in [2.45, 2.75) is 6.54 Å². The molecule has 5 nitrogen and oxygen atoms in total.